The fraction of sp³-hybridized carbons (Fsp3) is 0.120. The number of carbonyl (C=O) groups excluding carboxylic acids is 1. The van der Waals surface area contributed by atoms with Crippen molar-refractivity contribution in [3.8, 4) is 22.8 Å². The molecule has 1 N–H and O–H groups in total. The molecule has 8 heteroatoms. The second kappa shape index (κ2) is 8.58. The lowest BCUT2D eigenvalue weighted by atomic mass is 10.1. The van der Waals surface area contributed by atoms with Gasteiger partial charge >= 0.3 is 0 Å². The number of aromatic nitrogens is 5. The number of ether oxygens (including phenoxy) is 1. The summed E-state index contributed by atoms with van der Waals surface area (Å²) in [5.41, 5.74) is 4.82. The zero-order chi connectivity index (χ0) is 22.8. The first-order chi connectivity index (χ1) is 16.1. The third-order valence-corrected chi connectivity index (χ3v) is 5.40. The summed E-state index contributed by atoms with van der Waals surface area (Å²) in [5, 5.41) is 7.18. The van der Waals surface area contributed by atoms with E-state index >= 15 is 0 Å². The van der Waals surface area contributed by atoms with Crippen molar-refractivity contribution >= 4 is 11.6 Å². The summed E-state index contributed by atoms with van der Waals surface area (Å²) >= 11 is 0. The van der Waals surface area contributed by atoms with E-state index in [-0.39, 0.29) is 5.91 Å². The Balaban J connectivity index is 1.31. The number of nitrogens with zero attached hydrogens (tertiary/aromatic N) is 5. The van der Waals surface area contributed by atoms with E-state index in [0.717, 1.165) is 28.0 Å². The highest BCUT2D eigenvalue weighted by Gasteiger charge is 2.14. The zero-order valence-electron chi connectivity index (χ0n) is 18.3. The number of benzene rings is 1. The van der Waals surface area contributed by atoms with Crippen LogP contribution in [-0.2, 0) is 13.6 Å². The van der Waals surface area contributed by atoms with Gasteiger partial charge < -0.3 is 14.5 Å². The number of hydrogen-bond acceptors (Lipinski definition) is 5. The molecule has 0 unspecified atom stereocenters. The van der Waals surface area contributed by atoms with Crippen LogP contribution >= 0.6 is 0 Å². The van der Waals surface area contributed by atoms with E-state index in [1.54, 1.807) is 35.4 Å². The number of carbonyl (C=O) groups is 1. The van der Waals surface area contributed by atoms with Crippen LogP contribution in [0.5, 0.6) is 11.5 Å². The average Bonchev–Trinajstić information content (AvgIpc) is 3.47. The van der Waals surface area contributed by atoms with Gasteiger partial charge in [0.05, 0.1) is 11.9 Å². The number of fused-ring (bicyclic) bond motifs is 1. The van der Waals surface area contributed by atoms with Gasteiger partial charge in [-0.1, -0.05) is 6.07 Å². The number of nitrogens with one attached hydrogen (secondary N) is 1. The van der Waals surface area contributed by atoms with Gasteiger partial charge in [0.25, 0.3) is 5.91 Å². The molecule has 4 heterocycles. The predicted molar refractivity (Wildman–Crippen MR) is 124 cm³/mol. The Hall–Kier alpha value is -4.46. The summed E-state index contributed by atoms with van der Waals surface area (Å²) in [7, 11) is 1.86. The van der Waals surface area contributed by atoms with E-state index in [2.05, 4.69) is 20.4 Å². The van der Waals surface area contributed by atoms with Crippen LogP contribution in [0, 0.1) is 6.92 Å². The first-order valence-electron chi connectivity index (χ1n) is 10.5. The summed E-state index contributed by atoms with van der Waals surface area (Å²) in [6.45, 7) is 2.29. The van der Waals surface area contributed by atoms with Gasteiger partial charge in [0, 0.05) is 67.3 Å². The third-order valence-electron chi connectivity index (χ3n) is 5.40. The van der Waals surface area contributed by atoms with Crippen molar-refractivity contribution < 1.29 is 9.53 Å². The topological polar surface area (TPSA) is 86.3 Å². The highest BCUT2D eigenvalue weighted by molar-refractivity contribution is 5.96. The molecule has 0 saturated carbocycles. The number of rotatable bonds is 6. The largest absolute Gasteiger partial charge is 0.457 e. The SMILES string of the molecule is Cc1c(Oc2ccnc(-c3cnn(C)c3)c2)cccc1C(=O)NCc1ccn2ccnc2c1. The first-order valence-corrected chi connectivity index (χ1v) is 10.5. The Kier molecular flexibility index (Phi) is 5.32. The average molecular weight is 438 g/mol. The van der Waals surface area contributed by atoms with Crippen LogP contribution in [0.2, 0.25) is 0 Å². The second-order valence-electron chi connectivity index (χ2n) is 7.72. The van der Waals surface area contributed by atoms with E-state index in [9.17, 15) is 4.79 Å². The van der Waals surface area contributed by atoms with E-state index < -0.39 is 0 Å². The van der Waals surface area contributed by atoms with E-state index in [0.29, 0.717) is 23.6 Å². The van der Waals surface area contributed by atoms with E-state index in [1.807, 2.05) is 67.3 Å². The Bertz CT molecular complexity index is 1450. The Morgan fingerprint density at radius 1 is 1.09 bits per heavy atom. The first kappa shape index (κ1) is 20.4. The van der Waals surface area contributed by atoms with Crippen LogP contribution < -0.4 is 10.1 Å². The van der Waals surface area contributed by atoms with Crippen molar-refractivity contribution in [2.24, 2.45) is 7.05 Å². The summed E-state index contributed by atoms with van der Waals surface area (Å²) in [5.74, 6) is 1.09. The van der Waals surface area contributed by atoms with Crippen molar-refractivity contribution in [2.45, 2.75) is 13.5 Å². The molecule has 0 saturated heterocycles. The van der Waals surface area contributed by atoms with Crippen molar-refractivity contribution in [3.63, 3.8) is 0 Å². The minimum Gasteiger partial charge on any atom is -0.457 e. The Morgan fingerprint density at radius 3 is 2.85 bits per heavy atom. The summed E-state index contributed by atoms with van der Waals surface area (Å²) in [6, 6.07) is 13.0. The van der Waals surface area contributed by atoms with Crippen molar-refractivity contribution in [1.29, 1.82) is 0 Å². The third kappa shape index (κ3) is 4.31. The van der Waals surface area contributed by atoms with Gasteiger partial charge in [-0.3, -0.25) is 14.5 Å². The summed E-state index contributed by atoms with van der Waals surface area (Å²) in [6.07, 6.45) is 10.9. The minimum atomic E-state index is -0.160. The van der Waals surface area contributed by atoms with Gasteiger partial charge in [0.1, 0.15) is 17.1 Å². The highest BCUT2D eigenvalue weighted by Crippen LogP contribution is 2.29. The normalized spacial score (nSPS) is 11.0. The van der Waals surface area contributed by atoms with Gasteiger partial charge in [0.15, 0.2) is 0 Å². The smallest absolute Gasteiger partial charge is 0.251 e. The molecule has 4 aromatic heterocycles. The van der Waals surface area contributed by atoms with E-state index in [1.165, 1.54) is 0 Å². The van der Waals surface area contributed by atoms with Crippen molar-refractivity contribution in [1.82, 2.24) is 29.5 Å². The zero-order valence-corrected chi connectivity index (χ0v) is 18.3. The number of imidazole rings is 1. The minimum absolute atomic E-state index is 0.160. The molecule has 5 aromatic rings. The summed E-state index contributed by atoms with van der Waals surface area (Å²) < 4.78 is 9.76. The van der Waals surface area contributed by atoms with Gasteiger partial charge in [-0.25, -0.2) is 4.98 Å². The molecule has 0 atom stereocenters. The highest BCUT2D eigenvalue weighted by atomic mass is 16.5. The van der Waals surface area contributed by atoms with Crippen LogP contribution in [0.15, 0.2) is 79.6 Å². The molecule has 0 bridgehead atoms. The van der Waals surface area contributed by atoms with E-state index in [4.69, 9.17) is 4.74 Å². The molecule has 0 aliphatic rings. The lowest BCUT2D eigenvalue weighted by Gasteiger charge is -2.13. The molecular weight excluding hydrogens is 416 g/mol. The standard InChI is InChI=1S/C25H22N6O2/c1-17-21(25(32)28-14-18-7-10-31-11-9-27-24(31)12-18)4-3-5-23(17)33-20-6-8-26-22(13-20)19-15-29-30(2)16-19/h3-13,15-16H,14H2,1-2H3,(H,28,32). The number of hydrogen-bond donors (Lipinski definition) is 1. The maximum absolute atomic E-state index is 12.9. The Morgan fingerprint density at radius 2 is 2.00 bits per heavy atom. The maximum atomic E-state index is 12.9. The summed E-state index contributed by atoms with van der Waals surface area (Å²) in [4.78, 5) is 21.6. The predicted octanol–water partition coefficient (Wildman–Crippen LogP) is 4.16. The van der Waals surface area contributed by atoms with Crippen LogP contribution in [0.25, 0.3) is 16.9 Å². The Labute approximate surface area is 190 Å². The maximum Gasteiger partial charge on any atom is 0.251 e. The van der Waals surface area contributed by atoms with Gasteiger partial charge in [-0.05, 0) is 42.8 Å². The van der Waals surface area contributed by atoms with Crippen LogP contribution in [0.3, 0.4) is 0 Å². The van der Waals surface area contributed by atoms with Crippen molar-refractivity contribution in [3.05, 3.63) is 96.3 Å². The molecule has 33 heavy (non-hydrogen) atoms. The monoisotopic (exact) mass is 438 g/mol. The second-order valence-corrected chi connectivity index (χ2v) is 7.72. The van der Waals surface area contributed by atoms with Crippen LogP contribution in [0.4, 0.5) is 0 Å². The molecule has 1 amide bonds. The molecule has 0 aliphatic carbocycles. The fourth-order valence-corrected chi connectivity index (χ4v) is 3.62. The quantitative estimate of drug-likeness (QED) is 0.430. The van der Waals surface area contributed by atoms with Gasteiger partial charge in [-0.2, -0.15) is 5.10 Å². The number of amides is 1. The van der Waals surface area contributed by atoms with Crippen LogP contribution in [0.1, 0.15) is 21.5 Å². The molecule has 0 radical (unpaired) electrons. The molecule has 0 spiro atoms. The lowest BCUT2D eigenvalue weighted by molar-refractivity contribution is 0.0950. The molecule has 164 valence electrons. The number of aryl methyl sites for hydroxylation is 1. The van der Waals surface area contributed by atoms with Crippen LogP contribution in [-0.4, -0.2) is 30.1 Å². The fourth-order valence-electron chi connectivity index (χ4n) is 3.62. The number of pyridine rings is 2. The van der Waals surface area contributed by atoms with Gasteiger partial charge in [-0.15, -0.1) is 0 Å². The molecule has 8 nitrogen and oxygen atoms in total. The molecule has 0 fully saturated rings. The molecule has 5 rings (SSSR count). The molecule has 0 aliphatic heterocycles. The lowest BCUT2D eigenvalue weighted by Crippen LogP contribution is -2.23. The van der Waals surface area contributed by atoms with Crippen molar-refractivity contribution in [2.75, 3.05) is 0 Å². The molecule has 1 aromatic carbocycles. The van der Waals surface area contributed by atoms with Gasteiger partial charge in [0.2, 0.25) is 0 Å². The molecular formula is C25H22N6O2.